The topological polar surface area (TPSA) is 38.3 Å². The number of carbonyl (C=O) groups is 1. The smallest absolute Gasteiger partial charge is 0.307 e. The van der Waals surface area contributed by atoms with Gasteiger partial charge in [-0.3, -0.25) is 4.79 Å². The van der Waals surface area contributed by atoms with E-state index >= 15 is 0 Å². The molecule has 1 N–H and O–H groups in total. The lowest BCUT2D eigenvalue weighted by atomic mass is 10.1. The molecule has 0 saturated heterocycles. The number of benzene rings is 1. The van der Waals surface area contributed by atoms with Gasteiger partial charge in [0.2, 0.25) is 0 Å². The average Bonchev–Trinajstić information content (AvgIpc) is 2.97. The fraction of sp³-hybridized carbons (Fsp3) is 0.267. The summed E-state index contributed by atoms with van der Waals surface area (Å²) in [7, 11) is 1.42. The Labute approximate surface area is 131 Å². The molecule has 1 unspecified atom stereocenters. The van der Waals surface area contributed by atoms with Crippen LogP contribution in [-0.2, 0) is 16.1 Å². The van der Waals surface area contributed by atoms with Crippen LogP contribution < -0.4 is 5.32 Å². The van der Waals surface area contributed by atoms with Gasteiger partial charge in [0, 0.05) is 15.9 Å². The number of nitrogens with one attached hydrogen (secondary N) is 1. The van der Waals surface area contributed by atoms with Gasteiger partial charge in [-0.05, 0) is 29.1 Å². The summed E-state index contributed by atoms with van der Waals surface area (Å²) >= 11 is 5.10. The first-order valence-electron chi connectivity index (χ1n) is 6.27. The minimum absolute atomic E-state index is 0.0126. The van der Waals surface area contributed by atoms with Crippen molar-refractivity contribution in [1.82, 2.24) is 5.32 Å². The summed E-state index contributed by atoms with van der Waals surface area (Å²) in [6.45, 7) is 0.707. The Morgan fingerprint density at radius 1 is 1.40 bits per heavy atom. The van der Waals surface area contributed by atoms with Crippen LogP contribution in [0.15, 0.2) is 46.3 Å². The van der Waals surface area contributed by atoms with Crippen LogP contribution in [0.2, 0.25) is 0 Å². The molecule has 0 aliphatic rings. The lowest BCUT2D eigenvalue weighted by Crippen LogP contribution is -2.23. The number of hydrogen-bond acceptors (Lipinski definition) is 4. The summed E-state index contributed by atoms with van der Waals surface area (Å²) in [4.78, 5) is 12.7. The minimum Gasteiger partial charge on any atom is -0.469 e. The van der Waals surface area contributed by atoms with E-state index in [1.54, 1.807) is 11.3 Å². The number of hydrogen-bond donors (Lipinski definition) is 1. The largest absolute Gasteiger partial charge is 0.469 e. The highest BCUT2D eigenvalue weighted by molar-refractivity contribution is 9.10. The van der Waals surface area contributed by atoms with E-state index in [1.807, 2.05) is 29.6 Å². The van der Waals surface area contributed by atoms with Crippen molar-refractivity contribution in [3.63, 3.8) is 0 Å². The molecule has 0 aliphatic heterocycles. The van der Waals surface area contributed by atoms with Crippen LogP contribution in [0.1, 0.15) is 22.9 Å². The first-order valence-corrected chi connectivity index (χ1v) is 7.94. The monoisotopic (exact) mass is 353 g/mol. The molecule has 0 aliphatic carbocycles. The molecular formula is C15H16BrNO2S. The highest BCUT2D eigenvalue weighted by atomic mass is 79.9. The van der Waals surface area contributed by atoms with Crippen LogP contribution in [0.5, 0.6) is 0 Å². The van der Waals surface area contributed by atoms with Gasteiger partial charge in [0.15, 0.2) is 0 Å². The van der Waals surface area contributed by atoms with E-state index in [9.17, 15) is 4.79 Å². The summed E-state index contributed by atoms with van der Waals surface area (Å²) in [6.07, 6.45) is 0.338. The van der Waals surface area contributed by atoms with Crippen molar-refractivity contribution >= 4 is 33.2 Å². The van der Waals surface area contributed by atoms with Crippen molar-refractivity contribution in [3.05, 3.63) is 56.7 Å². The molecule has 106 valence electrons. The van der Waals surface area contributed by atoms with Crippen molar-refractivity contribution < 1.29 is 9.53 Å². The van der Waals surface area contributed by atoms with E-state index < -0.39 is 0 Å². The molecule has 20 heavy (non-hydrogen) atoms. The van der Waals surface area contributed by atoms with Crippen molar-refractivity contribution in [2.75, 3.05) is 7.11 Å². The third kappa shape index (κ3) is 4.44. The van der Waals surface area contributed by atoms with E-state index in [2.05, 4.69) is 33.4 Å². The Hall–Kier alpha value is -1.17. The van der Waals surface area contributed by atoms with Crippen molar-refractivity contribution in [3.8, 4) is 0 Å². The molecule has 1 heterocycles. The molecule has 2 rings (SSSR count). The second kappa shape index (κ2) is 7.57. The predicted octanol–water partition coefficient (Wildman–Crippen LogP) is 3.90. The van der Waals surface area contributed by atoms with Gasteiger partial charge in [-0.1, -0.05) is 34.1 Å². The molecular weight excluding hydrogens is 338 g/mol. The van der Waals surface area contributed by atoms with Crippen LogP contribution >= 0.6 is 27.3 Å². The van der Waals surface area contributed by atoms with Crippen molar-refractivity contribution in [2.45, 2.75) is 19.0 Å². The second-order valence-corrected chi connectivity index (χ2v) is 6.25. The summed E-state index contributed by atoms with van der Waals surface area (Å²) in [5, 5.41) is 5.43. The summed E-state index contributed by atoms with van der Waals surface area (Å²) < 4.78 is 5.82. The molecule has 0 spiro atoms. The molecule has 2 aromatic rings. The molecule has 1 atom stereocenters. The number of halogens is 1. The molecule has 0 saturated carbocycles. The van der Waals surface area contributed by atoms with Crippen LogP contribution in [-0.4, -0.2) is 13.1 Å². The SMILES string of the molecule is COC(=O)CC(NCc1cccc(Br)c1)c1cccs1. The van der Waals surface area contributed by atoms with Crippen molar-refractivity contribution in [2.24, 2.45) is 0 Å². The molecule has 3 nitrogen and oxygen atoms in total. The van der Waals surface area contributed by atoms with Gasteiger partial charge in [-0.2, -0.15) is 0 Å². The average molecular weight is 354 g/mol. The quantitative estimate of drug-likeness (QED) is 0.800. The van der Waals surface area contributed by atoms with Gasteiger partial charge >= 0.3 is 5.97 Å². The van der Waals surface area contributed by atoms with Gasteiger partial charge in [0.05, 0.1) is 19.6 Å². The molecule has 1 aromatic heterocycles. The second-order valence-electron chi connectivity index (χ2n) is 4.36. The predicted molar refractivity (Wildman–Crippen MR) is 84.7 cm³/mol. The molecule has 5 heteroatoms. The zero-order valence-electron chi connectivity index (χ0n) is 11.1. The third-order valence-corrected chi connectivity index (χ3v) is 4.41. The summed E-state index contributed by atoms with van der Waals surface area (Å²) in [6, 6.07) is 12.1. The number of thiophene rings is 1. The Bertz CT molecular complexity index is 557. The molecule has 0 fully saturated rings. The maximum absolute atomic E-state index is 11.5. The zero-order valence-corrected chi connectivity index (χ0v) is 13.5. The maximum Gasteiger partial charge on any atom is 0.307 e. The fourth-order valence-electron chi connectivity index (χ4n) is 1.90. The van der Waals surface area contributed by atoms with Crippen LogP contribution in [0.25, 0.3) is 0 Å². The summed E-state index contributed by atoms with van der Waals surface area (Å²) in [5.41, 5.74) is 1.17. The van der Waals surface area contributed by atoms with E-state index in [1.165, 1.54) is 12.7 Å². The molecule has 0 radical (unpaired) electrons. The number of methoxy groups -OCH3 is 1. The van der Waals surface area contributed by atoms with E-state index in [4.69, 9.17) is 4.74 Å². The highest BCUT2D eigenvalue weighted by Gasteiger charge is 2.16. The first-order chi connectivity index (χ1) is 9.69. The maximum atomic E-state index is 11.5. The van der Waals surface area contributed by atoms with Gasteiger partial charge in [-0.25, -0.2) is 0 Å². The van der Waals surface area contributed by atoms with Gasteiger partial charge in [-0.15, -0.1) is 11.3 Å². The minimum atomic E-state index is -0.204. The molecule has 0 bridgehead atoms. The summed E-state index contributed by atoms with van der Waals surface area (Å²) in [5.74, 6) is -0.204. The number of rotatable bonds is 6. The van der Waals surface area contributed by atoms with Crippen LogP contribution in [0, 0.1) is 0 Å². The van der Waals surface area contributed by atoms with Crippen molar-refractivity contribution in [1.29, 1.82) is 0 Å². The van der Waals surface area contributed by atoms with E-state index in [-0.39, 0.29) is 12.0 Å². The zero-order chi connectivity index (χ0) is 14.4. The first kappa shape index (κ1) is 15.2. The van der Waals surface area contributed by atoms with Gasteiger partial charge in [0.1, 0.15) is 0 Å². The van der Waals surface area contributed by atoms with E-state index in [0.29, 0.717) is 13.0 Å². The number of esters is 1. The van der Waals surface area contributed by atoms with Crippen LogP contribution in [0.3, 0.4) is 0 Å². The van der Waals surface area contributed by atoms with Gasteiger partial charge < -0.3 is 10.1 Å². The standard InChI is InChI=1S/C15H16BrNO2S/c1-19-15(18)9-13(14-6-3-7-20-14)17-10-11-4-2-5-12(16)8-11/h2-8,13,17H,9-10H2,1H3. The Balaban J connectivity index is 2.02. The van der Waals surface area contributed by atoms with Crippen LogP contribution in [0.4, 0.5) is 0 Å². The lowest BCUT2D eigenvalue weighted by Gasteiger charge is -2.16. The number of ether oxygens (including phenoxy) is 1. The number of carbonyl (C=O) groups excluding carboxylic acids is 1. The Kier molecular flexibility index (Phi) is 5.76. The Morgan fingerprint density at radius 2 is 2.25 bits per heavy atom. The molecule has 0 amide bonds. The normalized spacial score (nSPS) is 12.1. The fourth-order valence-corrected chi connectivity index (χ4v) is 3.15. The Morgan fingerprint density at radius 3 is 2.90 bits per heavy atom. The molecule has 1 aromatic carbocycles. The van der Waals surface area contributed by atoms with Gasteiger partial charge in [0.25, 0.3) is 0 Å². The highest BCUT2D eigenvalue weighted by Crippen LogP contribution is 2.23. The third-order valence-electron chi connectivity index (χ3n) is 2.93. The lowest BCUT2D eigenvalue weighted by molar-refractivity contribution is -0.141. The van der Waals surface area contributed by atoms with E-state index in [0.717, 1.165) is 9.35 Å².